The number of rotatable bonds is 4. The van der Waals surface area contributed by atoms with Gasteiger partial charge in [0.1, 0.15) is 0 Å². The van der Waals surface area contributed by atoms with Crippen LogP contribution in [0.5, 0.6) is 0 Å². The molecule has 1 unspecified atom stereocenters. The molecule has 1 atom stereocenters. The quantitative estimate of drug-likeness (QED) is 0.938. The van der Waals surface area contributed by atoms with Gasteiger partial charge in [-0.1, -0.05) is 28.1 Å². The molecular weight excluding hydrogens is 298 g/mol. The van der Waals surface area contributed by atoms with Crippen LogP contribution in [0.3, 0.4) is 0 Å². The maximum Gasteiger partial charge on any atom is 0.0953 e. The number of thiazole rings is 1. The van der Waals surface area contributed by atoms with Gasteiger partial charge >= 0.3 is 0 Å². The lowest BCUT2D eigenvalue weighted by atomic mass is 9.93. The largest absolute Gasteiger partial charge is 0.389 e. The van der Waals surface area contributed by atoms with Crippen LogP contribution in [0.2, 0.25) is 0 Å². The van der Waals surface area contributed by atoms with Crippen molar-refractivity contribution < 1.29 is 5.11 Å². The standard InChI is InChI=1S/C13H14BrNOS/c1-13(16,9-12-15-6-7-17-12)8-10-2-4-11(14)5-3-10/h2-7,16H,8-9H2,1H3. The molecule has 2 rings (SSSR count). The zero-order valence-corrected chi connectivity index (χ0v) is 12.0. The molecule has 17 heavy (non-hydrogen) atoms. The second-order valence-electron chi connectivity index (χ2n) is 4.40. The predicted octanol–water partition coefficient (Wildman–Crippen LogP) is 3.44. The molecule has 1 N–H and O–H groups in total. The van der Waals surface area contributed by atoms with Crippen molar-refractivity contribution in [3.05, 3.63) is 50.9 Å². The molecule has 4 heteroatoms. The van der Waals surface area contributed by atoms with Crippen LogP contribution < -0.4 is 0 Å². The Hall–Kier alpha value is -0.710. The molecule has 1 aromatic carbocycles. The Kier molecular flexibility index (Phi) is 3.97. The average molecular weight is 312 g/mol. The Balaban J connectivity index is 2.03. The number of aliphatic hydroxyl groups is 1. The molecule has 0 bridgehead atoms. The molecule has 0 aliphatic heterocycles. The number of hydrogen-bond donors (Lipinski definition) is 1. The molecular formula is C13H14BrNOS. The molecule has 0 aliphatic rings. The zero-order valence-electron chi connectivity index (χ0n) is 9.56. The summed E-state index contributed by atoms with van der Waals surface area (Å²) in [4.78, 5) is 4.21. The Morgan fingerprint density at radius 1 is 1.29 bits per heavy atom. The summed E-state index contributed by atoms with van der Waals surface area (Å²) >= 11 is 4.99. The van der Waals surface area contributed by atoms with Gasteiger partial charge < -0.3 is 5.11 Å². The van der Waals surface area contributed by atoms with Crippen molar-refractivity contribution in [2.24, 2.45) is 0 Å². The number of hydrogen-bond acceptors (Lipinski definition) is 3. The number of benzene rings is 1. The Morgan fingerprint density at radius 2 is 2.00 bits per heavy atom. The van der Waals surface area contributed by atoms with E-state index in [-0.39, 0.29) is 0 Å². The maximum atomic E-state index is 10.4. The number of halogens is 1. The third-order valence-electron chi connectivity index (χ3n) is 2.51. The normalized spacial score (nSPS) is 14.5. The van der Waals surface area contributed by atoms with Crippen LogP contribution in [0.4, 0.5) is 0 Å². The lowest BCUT2D eigenvalue weighted by Gasteiger charge is -2.22. The topological polar surface area (TPSA) is 33.1 Å². The molecule has 0 saturated heterocycles. The Morgan fingerprint density at radius 3 is 2.59 bits per heavy atom. The van der Waals surface area contributed by atoms with Gasteiger partial charge in [-0.15, -0.1) is 11.3 Å². The third-order valence-corrected chi connectivity index (χ3v) is 3.82. The number of nitrogens with zero attached hydrogens (tertiary/aromatic N) is 1. The molecule has 0 radical (unpaired) electrons. The van der Waals surface area contributed by atoms with E-state index in [1.165, 1.54) is 0 Å². The van der Waals surface area contributed by atoms with Crippen LogP contribution in [0.15, 0.2) is 40.3 Å². The summed E-state index contributed by atoms with van der Waals surface area (Å²) in [5.74, 6) is 0. The molecule has 0 amide bonds. The van der Waals surface area contributed by atoms with Crippen LogP contribution in [-0.2, 0) is 12.8 Å². The van der Waals surface area contributed by atoms with E-state index in [2.05, 4.69) is 20.9 Å². The summed E-state index contributed by atoms with van der Waals surface area (Å²) in [7, 11) is 0. The molecule has 0 spiro atoms. The van der Waals surface area contributed by atoms with Gasteiger partial charge in [0.2, 0.25) is 0 Å². The van der Waals surface area contributed by atoms with Crippen LogP contribution in [0.1, 0.15) is 17.5 Å². The van der Waals surface area contributed by atoms with Gasteiger partial charge in [0.15, 0.2) is 0 Å². The van der Waals surface area contributed by atoms with Gasteiger partial charge in [0, 0.05) is 28.9 Å². The first kappa shape index (κ1) is 12.7. The van der Waals surface area contributed by atoms with Crippen LogP contribution in [0, 0.1) is 0 Å². The lowest BCUT2D eigenvalue weighted by Crippen LogP contribution is -2.30. The molecule has 0 aliphatic carbocycles. The minimum Gasteiger partial charge on any atom is -0.389 e. The van der Waals surface area contributed by atoms with E-state index < -0.39 is 5.60 Å². The van der Waals surface area contributed by atoms with Crippen molar-refractivity contribution in [3.8, 4) is 0 Å². The van der Waals surface area contributed by atoms with Crippen LogP contribution in [-0.4, -0.2) is 15.7 Å². The van der Waals surface area contributed by atoms with E-state index >= 15 is 0 Å². The van der Waals surface area contributed by atoms with Gasteiger partial charge in [0.25, 0.3) is 0 Å². The Bertz CT molecular complexity index is 465. The minimum atomic E-state index is -0.744. The summed E-state index contributed by atoms with van der Waals surface area (Å²) in [5.41, 5.74) is 0.390. The van der Waals surface area contributed by atoms with E-state index in [0.29, 0.717) is 12.8 Å². The second-order valence-corrected chi connectivity index (χ2v) is 6.30. The van der Waals surface area contributed by atoms with E-state index in [0.717, 1.165) is 15.0 Å². The van der Waals surface area contributed by atoms with Crippen molar-refractivity contribution in [1.29, 1.82) is 0 Å². The van der Waals surface area contributed by atoms with E-state index in [1.54, 1.807) is 17.5 Å². The van der Waals surface area contributed by atoms with Crippen molar-refractivity contribution >= 4 is 27.3 Å². The second kappa shape index (κ2) is 5.29. The summed E-state index contributed by atoms with van der Waals surface area (Å²) in [6.45, 7) is 1.86. The zero-order chi connectivity index (χ0) is 12.3. The van der Waals surface area contributed by atoms with E-state index in [9.17, 15) is 5.11 Å². The molecule has 1 aromatic heterocycles. The molecule has 2 aromatic rings. The van der Waals surface area contributed by atoms with Gasteiger partial charge in [-0.25, -0.2) is 4.98 Å². The van der Waals surface area contributed by atoms with E-state index in [4.69, 9.17) is 0 Å². The SMILES string of the molecule is CC(O)(Cc1ccc(Br)cc1)Cc1nccs1. The fourth-order valence-electron chi connectivity index (χ4n) is 1.77. The first-order valence-corrected chi connectivity index (χ1v) is 7.08. The molecule has 1 heterocycles. The molecule has 2 nitrogen and oxygen atoms in total. The first-order chi connectivity index (χ1) is 8.05. The molecule has 0 saturated carbocycles. The monoisotopic (exact) mass is 311 g/mol. The van der Waals surface area contributed by atoms with Crippen LogP contribution >= 0.6 is 27.3 Å². The lowest BCUT2D eigenvalue weighted by molar-refractivity contribution is 0.0608. The van der Waals surface area contributed by atoms with Gasteiger partial charge in [-0.05, 0) is 24.6 Å². The third kappa shape index (κ3) is 3.91. The highest BCUT2D eigenvalue weighted by Gasteiger charge is 2.22. The highest BCUT2D eigenvalue weighted by molar-refractivity contribution is 9.10. The predicted molar refractivity (Wildman–Crippen MR) is 74.3 cm³/mol. The van der Waals surface area contributed by atoms with Gasteiger partial charge in [0.05, 0.1) is 10.6 Å². The highest BCUT2D eigenvalue weighted by Crippen LogP contribution is 2.21. The smallest absolute Gasteiger partial charge is 0.0953 e. The first-order valence-electron chi connectivity index (χ1n) is 5.40. The minimum absolute atomic E-state index is 0.598. The van der Waals surface area contributed by atoms with Crippen molar-refractivity contribution in [2.45, 2.75) is 25.4 Å². The molecule has 90 valence electrons. The molecule has 0 fully saturated rings. The number of aromatic nitrogens is 1. The summed E-state index contributed by atoms with van der Waals surface area (Å²) in [6.07, 6.45) is 3.01. The summed E-state index contributed by atoms with van der Waals surface area (Å²) in [6, 6.07) is 8.05. The average Bonchev–Trinajstić information content (AvgIpc) is 2.73. The van der Waals surface area contributed by atoms with Crippen LogP contribution in [0.25, 0.3) is 0 Å². The van der Waals surface area contributed by atoms with Crippen molar-refractivity contribution in [3.63, 3.8) is 0 Å². The van der Waals surface area contributed by atoms with Gasteiger partial charge in [-0.3, -0.25) is 0 Å². The van der Waals surface area contributed by atoms with Crippen molar-refractivity contribution in [2.75, 3.05) is 0 Å². The Labute approximate surface area is 113 Å². The summed E-state index contributed by atoms with van der Waals surface area (Å²) in [5, 5.41) is 13.3. The summed E-state index contributed by atoms with van der Waals surface area (Å²) < 4.78 is 1.06. The van der Waals surface area contributed by atoms with Crippen molar-refractivity contribution in [1.82, 2.24) is 4.98 Å². The maximum absolute atomic E-state index is 10.4. The fourth-order valence-corrected chi connectivity index (χ4v) is 2.83. The fraction of sp³-hybridized carbons (Fsp3) is 0.308. The van der Waals surface area contributed by atoms with Gasteiger partial charge in [-0.2, -0.15) is 0 Å². The highest BCUT2D eigenvalue weighted by atomic mass is 79.9. The van der Waals surface area contributed by atoms with E-state index in [1.807, 2.05) is 36.6 Å².